The lowest BCUT2D eigenvalue weighted by molar-refractivity contribution is -0.137. The molecule has 8 rings (SSSR count). The number of fused-ring (bicyclic) bond motifs is 11. The number of carboxylic acid groups (broad SMARTS) is 2. The van der Waals surface area contributed by atoms with Crippen LogP contribution >= 0.6 is 0 Å². The number of allylic oxidation sites excluding steroid dienone is 2. The van der Waals surface area contributed by atoms with Crippen LogP contribution in [-0.4, -0.2) is 61.5 Å². The number of nitrogens with zero attached hydrogens (tertiary/aromatic N) is 4. The van der Waals surface area contributed by atoms with E-state index in [9.17, 15) is 29.9 Å². The van der Waals surface area contributed by atoms with Crippen LogP contribution in [0.5, 0.6) is 0 Å². The van der Waals surface area contributed by atoms with Gasteiger partial charge in [-0.1, -0.05) is 6.92 Å². The first kappa shape index (κ1) is 35.7. The summed E-state index contributed by atoms with van der Waals surface area (Å²) in [5, 5.41) is 30.3. The Labute approximate surface area is 318 Å². The molecular weight excluding hydrogens is 693 g/mol. The number of carbonyl (C=O) groups excluding carboxylic acids is 1. The van der Waals surface area contributed by atoms with Crippen LogP contribution in [0.4, 0.5) is 5.69 Å². The summed E-state index contributed by atoms with van der Waals surface area (Å²) in [6.07, 6.45) is 3.84. The lowest BCUT2D eigenvalue weighted by atomic mass is 9.50. The highest BCUT2D eigenvalue weighted by atomic mass is 16.4. The van der Waals surface area contributed by atoms with Crippen LogP contribution in [0, 0.1) is 25.2 Å². The second kappa shape index (κ2) is 12.7. The van der Waals surface area contributed by atoms with Gasteiger partial charge in [0.25, 0.3) is 0 Å². The number of aromatic nitrogens is 4. The van der Waals surface area contributed by atoms with Gasteiger partial charge in [0.1, 0.15) is 6.29 Å². The number of carbonyl (C=O) groups is 3. The molecule has 4 aliphatic rings. The van der Waals surface area contributed by atoms with Crippen molar-refractivity contribution in [2.45, 2.75) is 83.6 Å². The predicted octanol–water partition coefficient (Wildman–Crippen LogP) is 7.95. The number of H-pyrrole nitrogens is 2. The largest absolute Gasteiger partial charge is 0.481 e. The molecule has 0 saturated heterocycles. The smallest absolute Gasteiger partial charge is 0.303 e. The van der Waals surface area contributed by atoms with Gasteiger partial charge in [0, 0.05) is 53.3 Å². The number of benzene rings is 1. The molecule has 6 heterocycles. The van der Waals surface area contributed by atoms with Crippen LogP contribution in [-0.2, 0) is 26.8 Å². The molecule has 3 aromatic heterocycles. The third-order valence-corrected chi connectivity index (χ3v) is 12.7. The van der Waals surface area contributed by atoms with E-state index in [2.05, 4.69) is 40.9 Å². The van der Waals surface area contributed by atoms with Crippen molar-refractivity contribution in [3.8, 4) is 6.07 Å². The second-order valence-electron chi connectivity index (χ2n) is 15.4. The molecular formula is C44H42N6O5. The quantitative estimate of drug-likeness (QED) is 0.131. The van der Waals surface area contributed by atoms with Gasteiger partial charge < -0.3 is 25.1 Å². The van der Waals surface area contributed by atoms with Crippen LogP contribution in [0.25, 0.3) is 39.3 Å². The highest BCUT2D eigenvalue weighted by Crippen LogP contribution is 2.64. The van der Waals surface area contributed by atoms with Gasteiger partial charge in [0.15, 0.2) is 0 Å². The molecule has 0 radical (unpaired) electrons. The molecule has 1 aromatic carbocycles. The number of hydrogen-bond donors (Lipinski definition) is 4. The lowest BCUT2D eigenvalue weighted by Gasteiger charge is -2.58. The Bertz CT molecular complexity index is 2670. The number of aromatic amines is 2. The minimum Gasteiger partial charge on any atom is -0.481 e. The van der Waals surface area contributed by atoms with Crippen molar-refractivity contribution in [1.29, 1.82) is 5.26 Å². The summed E-state index contributed by atoms with van der Waals surface area (Å²) in [6, 6.07) is 15.9. The van der Waals surface area contributed by atoms with Gasteiger partial charge in [-0.05, 0) is 129 Å². The summed E-state index contributed by atoms with van der Waals surface area (Å²) in [4.78, 5) is 56.0. The van der Waals surface area contributed by atoms with Crippen molar-refractivity contribution >= 4 is 63.2 Å². The number of carboxylic acids is 2. The van der Waals surface area contributed by atoms with E-state index in [1.165, 1.54) is 0 Å². The molecule has 11 nitrogen and oxygen atoms in total. The summed E-state index contributed by atoms with van der Waals surface area (Å²) in [6.45, 7) is 10.3. The van der Waals surface area contributed by atoms with Crippen LogP contribution in [0.3, 0.4) is 0 Å². The van der Waals surface area contributed by atoms with E-state index >= 15 is 0 Å². The minimum atomic E-state index is -0.918. The van der Waals surface area contributed by atoms with E-state index in [0.717, 1.165) is 78.9 Å². The van der Waals surface area contributed by atoms with Crippen LogP contribution in [0.15, 0.2) is 48.0 Å². The number of aldehydes is 1. The van der Waals surface area contributed by atoms with Crippen LogP contribution in [0.2, 0.25) is 0 Å². The molecule has 278 valence electrons. The first-order valence-electron chi connectivity index (χ1n) is 18.6. The molecule has 1 aliphatic carbocycles. The third-order valence-electron chi connectivity index (χ3n) is 12.7. The fourth-order valence-electron chi connectivity index (χ4n) is 9.93. The average Bonchev–Trinajstić information content (AvgIpc) is 3.84. The van der Waals surface area contributed by atoms with Crippen molar-refractivity contribution in [3.05, 3.63) is 104 Å². The molecule has 0 fully saturated rings. The standard InChI is InChI=1S/C44H42N6O5/c1-7-44-41-30-16-26(20-45)42(44)50(6)36-11-8-25(21-51)15-31(36)43(44,5)37(49-41)19-33-24(4)29(10-13-39(54)55)35(48-33)18-34-28(9-12-38(52)53)23(3)32(47-34)17-27-14-22(2)40(30)46-27/h8,11,14-19,21,42,46,48H,7,9-10,12-13H2,1-6H3,(H,52,53)(H,54,55)/t42-,43+,44+/m1/s1. The number of anilines is 1. The topological polar surface area (TPSA) is 176 Å². The molecule has 0 saturated carbocycles. The van der Waals surface area contributed by atoms with Crippen molar-refractivity contribution < 1.29 is 24.6 Å². The average molecular weight is 735 g/mol. The maximum atomic E-state index is 12.3. The zero-order chi connectivity index (χ0) is 39.1. The Kier molecular flexibility index (Phi) is 8.22. The Balaban J connectivity index is 1.58. The molecule has 3 atom stereocenters. The third kappa shape index (κ3) is 5.04. The van der Waals surface area contributed by atoms with Gasteiger partial charge in [0.05, 0.1) is 56.8 Å². The van der Waals surface area contributed by atoms with Gasteiger partial charge in [0.2, 0.25) is 0 Å². The van der Waals surface area contributed by atoms with Crippen molar-refractivity contribution in [1.82, 2.24) is 19.9 Å². The Hall–Kier alpha value is -6.28. The van der Waals surface area contributed by atoms with Crippen molar-refractivity contribution in [2.24, 2.45) is 0 Å². The molecule has 0 spiro atoms. The van der Waals surface area contributed by atoms with Gasteiger partial charge in [-0.3, -0.25) is 19.4 Å². The molecule has 11 heteroatoms. The van der Waals surface area contributed by atoms with Gasteiger partial charge in [-0.2, -0.15) is 5.26 Å². The fourth-order valence-corrected chi connectivity index (χ4v) is 9.93. The van der Waals surface area contributed by atoms with E-state index in [4.69, 9.17) is 9.97 Å². The van der Waals surface area contributed by atoms with Crippen molar-refractivity contribution in [3.63, 3.8) is 0 Å². The number of nitriles is 1. The normalized spacial score (nSPS) is 20.9. The van der Waals surface area contributed by atoms with Crippen LogP contribution < -0.4 is 4.90 Å². The molecule has 4 aromatic rings. The van der Waals surface area contributed by atoms with E-state index in [1.807, 2.05) is 70.3 Å². The highest BCUT2D eigenvalue weighted by Gasteiger charge is 2.66. The molecule has 4 N–H and O–H groups in total. The highest BCUT2D eigenvalue weighted by molar-refractivity contribution is 5.94. The predicted molar refractivity (Wildman–Crippen MR) is 212 cm³/mol. The fraction of sp³-hybridized carbons (Fsp3) is 0.318. The summed E-state index contributed by atoms with van der Waals surface area (Å²) in [5.74, 6) is -1.83. The number of likely N-dealkylation sites (N-methyl/N-ethyl adjacent to an activating group) is 1. The van der Waals surface area contributed by atoms with Gasteiger partial charge >= 0.3 is 11.9 Å². The first-order chi connectivity index (χ1) is 26.3. The van der Waals surface area contributed by atoms with E-state index < -0.39 is 22.8 Å². The first-order valence-corrected chi connectivity index (χ1v) is 18.6. The minimum absolute atomic E-state index is 0.0707. The number of hydrogen-bond acceptors (Lipinski definition) is 7. The zero-order valence-corrected chi connectivity index (χ0v) is 31.7. The Morgan fingerprint density at radius 2 is 1.73 bits per heavy atom. The molecule has 0 amide bonds. The SMILES string of the molecule is CC[C@]12c3nc4cc5[nH]c(cc6nc(cc7cc(C)c([nH]7)c3C=C(C#N)[C@H]1N(C)c1ccc(C=O)cc1[C@@]42C)C(C)=C6CCC(=O)O)c(CCC(=O)O)c5C. The molecule has 0 unspecified atom stereocenters. The summed E-state index contributed by atoms with van der Waals surface area (Å²) >= 11 is 0. The Morgan fingerprint density at radius 1 is 0.982 bits per heavy atom. The number of aryl methyl sites for hydroxylation is 3. The van der Waals surface area contributed by atoms with Crippen molar-refractivity contribution in [2.75, 3.05) is 11.9 Å². The monoisotopic (exact) mass is 734 g/mol. The lowest BCUT2D eigenvalue weighted by Crippen LogP contribution is -2.63. The molecule has 3 aliphatic heterocycles. The summed E-state index contributed by atoms with van der Waals surface area (Å²) in [5.41, 5.74) is 12.6. The van der Waals surface area contributed by atoms with Gasteiger partial charge in [-0.25, -0.2) is 4.98 Å². The number of rotatable bonds is 8. The van der Waals surface area contributed by atoms with E-state index in [0.29, 0.717) is 34.5 Å². The molecule has 8 bridgehead atoms. The summed E-state index contributed by atoms with van der Waals surface area (Å²) in [7, 11) is 2.01. The number of aliphatic carboxylic acids is 2. The second-order valence-corrected chi connectivity index (χ2v) is 15.4. The number of nitrogens with one attached hydrogen (secondary N) is 2. The summed E-state index contributed by atoms with van der Waals surface area (Å²) < 4.78 is 0. The zero-order valence-electron chi connectivity index (χ0n) is 31.7. The Morgan fingerprint density at radius 3 is 2.42 bits per heavy atom. The van der Waals surface area contributed by atoms with E-state index in [1.54, 1.807) is 0 Å². The van der Waals surface area contributed by atoms with E-state index in [-0.39, 0.29) is 31.7 Å². The maximum Gasteiger partial charge on any atom is 0.303 e. The van der Waals surface area contributed by atoms with Crippen LogP contribution in [0.1, 0.15) is 107 Å². The maximum absolute atomic E-state index is 12.3. The molecule has 55 heavy (non-hydrogen) atoms. The van der Waals surface area contributed by atoms with Gasteiger partial charge in [-0.15, -0.1) is 0 Å².